The van der Waals surface area contributed by atoms with Gasteiger partial charge in [-0.1, -0.05) is 51.1 Å². The predicted octanol–water partition coefficient (Wildman–Crippen LogP) is 3.97. The van der Waals surface area contributed by atoms with E-state index in [1.165, 1.54) is 16.3 Å². The number of nitrogens with one attached hydrogen (secondary N) is 2. The van der Waals surface area contributed by atoms with E-state index in [4.69, 9.17) is 4.98 Å². The number of hydrogen-bond donors (Lipinski definition) is 2. The van der Waals surface area contributed by atoms with Gasteiger partial charge in [0.15, 0.2) is 5.96 Å². The van der Waals surface area contributed by atoms with Gasteiger partial charge < -0.3 is 10.6 Å². The molecule has 0 aliphatic heterocycles. The minimum atomic E-state index is 0. The third kappa shape index (κ3) is 6.76. The molecule has 0 amide bonds. The van der Waals surface area contributed by atoms with Gasteiger partial charge in [-0.25, -0.2) is 4.98 Å². The van der Waals surface area contributed by atoms with Gasteiger partial charge in [-0.15, -0.1) is 35.3 Å². The van der Waals surface area contributed by atoms with E-state index < -0.39 is 0 Å². The Balaban J connectivity index is 0.00000288. The van der Waals surface area contributed by atoms with Gasteiger partial charge in [0.05, 0.1) is 10.7 Å². The zero-order valence-corrected chi connectivity index (χ0v) is 17.9. The van der Waals surface area contributed by atoms with Crippen LogP contribution in [0.1, 0.15) is 37.0 Å². The highest BCUT2D eigenvalue weighted by molar-refractivity contribution is 14.0. The third-order valence-electron chi connectivity index (χ3n) is 3.48. The lowest BCUT2D eigenvalue weighted by Gasteiger charge is -2.14. The maximum atomic E-state index is 4.72. The number of halogens is 1. The van der Waals surface area contributed by atoms with Crippen molar-refractivity contribution in [2.45, 2.75) is 39.2 Å². The van der Waals surface area contributed by atoms with Crippen LogP contribution in [0.2, 0.25) is 0 Å². The van der Waals surface area contributed by atoms with E-state index in [2.05, 4.69) is 53.9 Å². The summed E-state index contributed by atoms with van der Waals surface area (Å²) < 4.78 is 0. The van der Waals surface area contributed by atoms with E-state index in [1.807, 2.05) is 18.2 Å². The van der Waals surface area contributed by atoms with Gasteiger partial charge in [0, 0.05) is 37.4 Å². The Morgan fingerprint density at radius 3 is 2.46 bits per heavy atom. The highest BCUT2D eigenvalue weighted by Crippen LogP contribution is 2.23. The maximum absolute atomic E-state index is 4.72. The molecule has 1 aromatic heterocycles. The molecule has 2 N–H and O–H groups in total. The number of benzene rings is 1. The SMILES string of the molecule is CN=C(NCCc1nc(C(C)(C)C)cs1)NCc1ccccc1.I. The fourth-order valence-electron chi connectivity index (χ4n) is 2.06. The normalized spacial score (nSPS) is 11.8. The van der Waals surface area contributed by atoms with Crippen molar-refractivity contribution in [3.63, 3.8) is 0 Å². The number of aliphatic imine (C=N–C) groups is 1. The van der Waals surface area contributed by atoms with Crippen LogP contribution in [0.25, 0.3) is 0 Å². The quantitative estimate of drug-likeness (QED) is 0.405. The molecule has 6 heteroatoms. The Morgan fingerprint density at radius 2 is 1.88 bits per heavy atom. The molecule has 0 spiro atoms. The van der Waals surface area contributed by atoms with Crippen molar-refractivity contribution in [3.05, 3.63) is 52.0 Å². The van der Waals surface area contributed by atoms with Crippen LogP contribution in [0.4, 0.5) is 0 Å². The summed E-state index contributed by atoms with van der Waals surface area (Å²) in [7, 11) is 1.79. The van der Waals surface area contributed by atoms with Crippen LogP contribution in [0.3, 0.4) is 0 Å². The molecule has 2 aromatic rings. The van der Waals surface area contributed by atoms with E-state index >= 15 is 0 Å². The molecule has 1 heterocycles. The summed E-state index contributed by atoms with van der Waals surface area (Å²) in [6.45, 7) is 8.18. The summed E-state index contributed by atoms with van der Waals surface area (Å²) in [4.78, 5) is 8.97. The Bertz CT molecular complexity index is 632. The summed E-state index contributed by atoms with van der Waals surface area (Å²) in [5.41, 5.74) is 2.53. The van der Waals surface area contributed by atoms with Crippen LogP contribution in [0.5, 0.6) is 0 Å². The van der Waals surface area contributed by atoms with Gasteiger partial charge in [-0.3, -0.25) is 4.99 Å². The number of thiazole rings is 1. The first-order valence-corrected chi connectivity index (χ1v) is 8.80. The molecule has 2 rings (SSSR count). The summed E-state index contributed by atoms with van der Waals surface area (Å²) in [5, 5.41) is 10.00. The molecule has 24 heavy (non-hydrogen) atoms. The molecule has 0 atom stereocenters. The Morgan fingerprint density at radius 1 is 1.17 bits per heavy atom. The first-order valence-electron chi connectivity index (χ1n) is 7.92. The van der Waals surface area contributed by atoms with Crippen LogP contribution in [0, 0.1) is 0 Å². The van der Waals surface area contributed by atoms with Crippen molar-refractivity contribution >= 4 is 41.3 Å². The second-order valence-corrected chi connectivity index (χ2v) is 7.41. The fraction of sp³-hybridized carbons (Fsp3) is 0.444. The summed E-state index contributed by atoms with van der Waals surface area (Å²) in [6.07, 6.45) is 0.910. The van der Waals surface area contributed by atoms with Gasteiger partial charge in [0.1, 0.15) is 0 Å². The highest BCUT2D eigenvalue weighted by atomic mass is 127. The van der Waals surface area contributed by atoms with Crippen molar-refractivity contribution < 1.29 is 0 Å². The Labute approximate surface area is 166 Å². The largest absolute Gasteiger partial charge is 0.356 e. The smallest absolute Gasteiger partial charge is 0.191 e. The lowest BCUT2D eigenvalue weighted by Crippen LogP contribution is -2.37. The highest BCUT2D eigenvalue weighted by Gasteiger charge is 2.17. The monoisotopic (exact) mass is 458 g/mol. The molecular weight excluding hydrogens is 431 g/mol. The van der Waals surface area contributed by atoms with Gasteiger partial charge >= 0.3 is 0 Å². The van der Waals surface area contributed by atoms with E-state index in [-0.39, 0.29) is 29.4 Å². The molecule has 0 unspecified atom stereocenters. The second kappa shape index (κ2) is 9.98. The van der Waals surface area contributed by atoms with Crippen molar-refractivity contribution in [3.8, 4) is 0 Å². The third-order valence-corrected chi connectivity index (χ3v) is 4.39. The number of hydrogen-bond acceptors (Lipinski definition) is 3. The molecule has 0 saturated heterocycles. The Hall–Kier alpha value is -1.15. The molecular formula is C18H27IN4S. The molecule has 4 nitrogen and oxygen atoms in total. The van der Waals surface area contributed by atoms with Crippen LogP contribution >= 0.6 is 35.3 Å². The molecule has 0 radical (unpaired) electrons. The van der Waals surface area contributed by atoms with Crippen LogP contribution in [-0.2, 0) is 18.4 Å². The average molecular weight is 458 g/mol. The van der Waals surface area contributed by atoms with Crippen molar-refractivity contribution in [2.75, 3.05) is 13.6 Å². The van der Waals surface area contributed by atoms with E-state index in [9.17, 15) is 0 Å². The molecule has 0 aliphatic rings. The summed E-state index contributed by atoms with van der Waals surface area (Å²) in [6, 6.07) is 10.3. The van der Waals surface area contributed by atoms with Gasteiger partial charge in [0.2, 0.25) is 0 Å². The second-order valence-electron chi connectivity index (χ2n) is 6.46. The topological polar surface area (TPSA) is 49.3 Å². The van der Waals surface area contributed by atoms with Gasteiger partial charge in [-0.2, -0.15) is 0 Å². The zero-order valence-electron chi connectivity index (χ0n) is 14.8. The minimum Gasteiger partial charge on any atom is -0.356 e. The maximum Gasteiger partial charge on any atom is 0.191 e. The standard InChI is InChI=1S/C18H26N4S.HI/c1-18(2,3)15-13-23-16(22-15)10-11-20-17(19-4)21-12-14-8-6-5-7-9-14;/h5-9,13H,10-12H2,1-4H3,(H2,19,20,21);1H. The number of aromatic nitrogens is 1. The van der Waals surface area contributed by atoms with Crippen molar-refractivity contribution in [1.82, 2.24) is 15.6 Å². The molecule has 0 fully saturated rings. The van der Waals surface area contributed by atoms with Crippen molar-refractivity contribution in [1.29, 1.82) is 0 Å². The average Bonchev–Trinajstić information content (AvgIpc) is 3.01. The molecule has 132 valence electrons. The van der Waals surface area contributed by atoms with Crippen LogP contribution in [0.15, 0.2) is 40.7 Å². The lowest BCUT2D eigenvalue weighted by molar-refractivity contribution is 0.570. The number of nitrogens with zero attached hydrogens (tertiary/aromatic N) is 2. The van der Waals surface area contributed by atoms with Crippen molar-refractivity contribution in [2.24, 2.45) is 4.99 Å². The van der Waals surface area contributed by atoms with E-state index in [0.717, 1.165) is 25.5 Å². The van der Waals surface area contributed by atoms with E-state index in [0.29, 0.717) is 0 Å². The first kappa shape index (κ1) is 20.9. The number of rotatable bonds is 5. The van der Waals surface area contributed by atoms with Crippen LogP contribution < -0.4 is 10.6 Å². The van der Waals surface area contributed by atoms with Gasteiger partial charge in [0.25, 0.3) is 0 Å². The predicted molar refractivity (Wildman–Crippen MR) is 115 cm³/mol. The molecule has 0 bridgehead atoms. The van der Waals surface area contributed by atoms with E-state index in [1.54, 1.807) is 18.4 Å². The number of guanidine groups is 1. The lowest BCUT2D eigenvalue weighted by atomic mass is 9.93. The summed E-state index contributed by atoms with van der Waals surface area (Å²) >= 11 is 1.73. The van der Waals surface area contributed by atoms with Crippen LogP contribution in [-0.4, -0.2) is 24.5 Å². The van der Waals surface area contributed by atoms with Gasteiger partial charge in [-0.05, 0) is 5.56 Å². The molecule has 0 aliphatic carbocycles. The Kier molecular flexibility index (Phi) is 8.69. The molecule has 0 saturated carbocycles. The first-order chi connectivity index (χ1) is 11.0. The zero-order chi connectivity index (χ0) is 16.7. The minimum absolute atomic E-state index is 0. The fourth-order valence-corrected chi connectivity index (χ4v) is 3.09. The summed E-state index contributed by atoms with van der Waals surface area (Å²) in [5.74, 6) is 0.821. The molecule has 1 aromatic carbocycles.